The normalized spacial score (nSPS) is 15.4. The number of carbonyl (C=O) groups excluding carboxylic acids is 2. The van der Waals surface area contributed by atoms with Gasteiger partial charge in [-0.2, -0.15) is 0 Å². The van der Waals surface area contributed by atoms with Crippen molar-refractivity contribution >= 4 is 11.6 Å². The predicted octanol–water partition coefficient (Wildman–Crippen LogP) is 5.66. The zero-order chi connectivity index (χ0) is 22.3. The number of benzene rings is 3. The fourth-order valence-electron chi connectivity index (χ4n) is 4.36. The second-order valence-corrected chi connectivity index (χ2v) is 8.41. The first-order chi connectivity index (χ1) is 15.5. The van der Waals surface area contributed by atoms with Gasteiger partial charge in [-0.25, -0.2) is 4.39 Å². The van der Waals surface area contributed by atoms with E-state index in [-0.39, 0.29) is 24.8 Å². The highest BCUT2D eigenvalue weighted by atomic mass is 19.1. The number of halogens is 1. The molecule has 32 heavy (non-hydrogen) atoms. The van der Waals surface area contributed by atoms with Gasteiger partial charge in [0.25, 0.3) is 0 Å². The Balaban J connectivity index is 1.41. The van der Waals surface area contributed by atoms with Gasteiger partial charge in [0.05, 0.1) is 5.41 Å². The van der Waals surface area contributed by atoms with Crippen molar-refractivity contribution in [2.24, 2.45) is 0 Å². The van der Waals surface area contributed by atoms with Crippen molar-refractivity contribution in [2.75, 3.05) is 6.79 Å². The molecule has 5 rings (SSSR count). The van der Waals surface area contributed by atoms with Crippen molar-refractivity contribution in [1.29, 1.82) is 0 Å². The first kappa shape index (κ1) is 20.4. The van der Waals surface area contributed by atoms with E-state index in [0.717, 1.165) is 29.5 Å². The third-order valence-electron chi connectivity index (χ3n) is 6.44. The Hall–Kier alpha value is -3.47. The van der Waals surface area contributed by atoms with E-state index >= 15 is 0 Å². The largest absolute Gasteiger partial charge is 0.454 e. The summed E-state index contributed by atoms with van der Waals surface area (Å²) in [6, 6.07) is 17.7. The third-order valence-corrected chi connectivity index (χ3v) is 6.44. The van der Waals surface area contributed by atoms with E-state index in [4.69, 9.17) is 9.47 Å². The molecular weight excluding hydrogens is 407 g/mol. The molecule has 162 valence electrons. The zero-order valence-electron chi connectivity index (χ0n) is 17.8. The van der Waals surface area contributed by atoms with Crippen LogP contribution >= 0.6 is 0 Å². The van der Waals surface area contributed by atoms with E-state index in [1.54, 1.807) is 18.2 Å². The summed E-state index contributed by atoms with van der Waals surface area (Å²) in [4.78, 5) is 25.4. The lowest BCUT2D eigenvalue weighted by molar-refractivity contribution is -0.120. The molecule has 0 aromatic heterocycles. The molecule has 3 aromatic carbocycles. The Kier molecular flexibility index (Phi) is 5.04. The molecule has 0 bridgehead atoms. The summed E-state index contributed by atoms with van der Waals surface area (Å²) in [5.41, 5.74) is 2.92. The summed E-state index contributed by atoms with van der Waals surface area (Å²) in [7, 11) is 0. The lowest BCUT2D eigenvalue weighted by Gasteiger charge is -2.16. The number of hydrogen-bond acceptors (Lipinski definition) is 4. The van der Waals surface area contributed by atoms with Crippen LogP contribution in [0.5, 0.6) is 11.5 Å². The molecule has 0 amide bonds. The molecule has 0 unspecified atom stereocenters. The van der Waals surface area contributed by atoms with Crippen molar-refractivity contribution in [3.05, 3.63) is 83.2 Å². The molecule has 1 heterocycles. The predicted molar refractivity (Wildman–Crippen MR) is 119 cm³/mol. The second-order valence-electron chi connectivity index (χ2n) is 8.41. The van der Waals surface area contributed by atoms with Gasteiger partial charge in [0.1, 0.15) is 11.6 Å². The number of ether oxygens (including phenoxy) is 2. The Morgan fingerprint density at radius 3 is 2.50 bits per heavy atom. The molecule has 1 aliphatic heterocycles. The van der Waals surface area contributed by atoms with E-state index in [1.165, 1.54) is 6.07 Å². The summed E-state index contributed by atoms with van der Waals surface area (Å²) in [5, 5.41) is 0. The quantitative estimate of drug-likeness (QED) is 0.454. The number of rotatable bonds is 7. The van der Waals surface area contributed by atoms with Gasteiger partial charge in [0.2, 0.25) is 6.79 Å². The molecule has 1 aliphatic carbocycles. The molecule has 4 nitrogen and oxygen atoms in total. The number of ketones is 2. The SMILES string of the molecule is CCC(=O)c1cccc(-c2ccc(F)c(CC(=O)C3(c4ccc5c(c4)OCO5)CC3)c2)c1. The van der Waals surface area contributed by atoms with Crippen LogP contribution in [0.2, 0.25) is 0 Å². The number of carbonyl (C=O) groups is 2. The Morgan fingerprint density at radius 1 is 0.938 bits per heavy atom. The van der Waals surface area contributed by atoms with E-state index in [2.05, 4.69) is 0 Å². The van der Waals surface area contributed by atoms with Crippen LogP contribution in [0.25, 0.3) is 11.1 Å². The van der Waals surface area contributed by atoms with Gasteiger partial charge in [0.15, 0.2) is 17.3 Å². The van der Waals surface area contributed by atoms with Crippen LogP contribution in [-0.4, -0.2) is 18.4 Å². The molecule has 0 radical (unpaired) electrons. The van der Waals surface area contributed by atoms with Gasteiger partial charge in [-0.1, -0.05) is 37.3 Å². The summed E-state index contributed by atoms with van der Waals surface area (Å²) >= 11 is 0. The second kappa shape index (κ2) is 7.90. The monoisotopic (exact) mass is 430 g/mol. The average Bonchev–Trinajstić information content (AvgIpc) is 3.50. The molecule has 0 N–H and O–H groups in total. The van der Waals surface area contributed by atoms with Crippen LogP contribution < -0.4 is 9.47 Å². The maximum Gasteiger partial charge on any atom is 0.231 e. The number of fused-ring (bicyclic) bond motifs is 1. The smallest absolute Gasteiger partial charge is 0.231 e. The first-order valence-electron chi connectivity index (χ1n) is 10.9. The van der Waals surface area contributed by atoms with E-state index in [1.807, 2.05) is 43.3 Å². The molecule has 0 atom stereocenters. The van der Waals surface area contributed by atoms with Crippen molar-refractivity contribution in [1.82, 2.24) is 0 Å². The standard InChI is InChI=1S/C27H23FO4/c1-2-23(29)19-5-3-4-17(12-19)18-6-8-22(28)20(13-18)14-26(30)27(10-11-27)21-7-9-24-25(15-21)32-16-31-24/h3-9,12-13,15H,2,10-11,14,16H2,1H3. The topological polar surface area (TPSA) is 52.6 Å². The van der Waals surface area contributed by atoms with Crippen LogP contribution in [0, 0.1) is 5.82 Å². The van der Waals surface area contributed by atoms with Gasteiger partial charge < -0.3 is 9.47 Å². The summed E-state index contributed by atoms with van der Waals surface area (Å²) < 4.78 is 25.5. The van der Waals surface area contributed by atoms with Crippen molar-refractivity contribution in [2.45, 2.75) is 38.0 Å². The van der Waals surface area contributed by atoms with E-state index in [9.17, 15) is 14.0 Å². The molecule has 5 heteroatoms. The van der Waals surface area contributed by atoms with Crippen LogP contribution in [-0.2, 0) is 16.6 Å². The van der Waals surface area contributed by atoms with Crippen LogP contribution in [0.1, 0.15) is 47.7 Å². The Bertz CT molecular complexity index is 1230. The number of hydrogen-bond donors (Lipinski definition) is 0. The van der Waals surface area contributed by atoms with Gasteiger partial charge in [0, 0.05) is 18.4 Å². The van der Waals surface area contributed by atoms with Crippen LogP contribution in [0.15, 0.2) is 60.7 Å². The zero-order valence-corrected chi connectivity index (χ0v) is 17.8. The Morgan fingerprint density at radius 2 is 1.72 bits per heavy atom. The van der Waals surface area contributed by atoms with E-state index in [0.29, 0.717) is 29.0 Å². The average molecular weight is 430 g/mol. The minimum absolute atomic E-state index is 0.00215. The maximum atomic E-state index is 14.7. The van der Waals surface area contributed by atoms with Gasteiger partial charge >= 0.3 is 0 Å². The molecule has 3 aromatic rings. The lowest BCUT2D eigenvalue weighted by atomic mass is 9.87. The highest BCUT2D eigenvalue weighted by Crippen LogP contribution is 2.51. The molecule has 0 saturated heterocycles. The maximum absolute atomic E-state index is 14.7. The van der Waals surface area contributed by atoms with Gasteiger partial charge in [-0.3, -0.25) is 9.59 Å². The molecule has 1 fully saturated rings. The lowest BCUT2D eigenvalue weighted by Crippen LogP contribution is -2.23. The minimum atomic E-state index is -0.586. The van der Waals surface area contributed by atoms with Crippen molar-refractivity contribution < 1.29 is 23.5 Å². The van der Waals surface area contributed by atoms with Crippen molar-refractivity contribution in [3.8, 4) is 22.6 Å². The summed E-state index contributed by atoms with van der Waals surface area (Å²) in [5.74, 6) is 0.992. The third kappa shape index (κ3) is 3.58. The molecule has 0 spiro atoms. The first-order valence-corrected chi connectivity index (χ1v) is 10.9. The Labute approximate surface area is 186 Å². The highest BCUT2D eigenvalue weighted by molar-refractivity contribution is 5.97. The molecule has 2 aliphatic rings. The van der Waals surface area contributed by atoms with Crippen LogP contribution in [0.3, 0.4) is 0 Å². The fraction of sp³-hybridized carbons (Fsp3) is 0.259. The molecule has 1 saturated carbocycles. The van der Waals surface area contributed by atoms with Crippen LogP contribution in [0.4, 0.5) is 4.39 Å². The van der Waals surface area contributed by atoms with Crippen molar-refractivity contribution in [3.63, 3.8) is 0 Å². The van der Waals surface area contributed by atoms with Gasteiger partial charge in [-0.15, -0.1) is 0 Å². The molecular formula is C27H23FO4. The fourth-order valence-corrected chi connectivity index (χ4v) is 4.36. The van der Waals surface area contributed by atoms with Gasteiger partial charge in [-0.05, 0) is 65.4 Å². The van der Waals surface area contributed by atoms with E-state index < -0.39 is 11.2 Å². The summed E-state index contributed by atoms with van der Waals surface area (Å²) in [6.45, 7) is 2.01. The minimum Gasteiger partial charge on any atom is -0.454 e. The summed E-state index contributed by atoms with van der Waals surface area (Å²) in [6.07, 6.45) is 1.93. The number of Topliss-reactive ketones (excluding diaryl/α,β-unsaturated/α-hetero) is 2. The highest BCUT2D eigenvalue weighted by Gasteiger charge is 2.51.